The van der Waals surface area contributed by atoms with Gasteiger partial charge in [-0.2, -0.15) is 0 Å². The molecule has 0 spiro atoms. The highest BCUT2D eigenvalue weighted by Gasteiger charge is 2.18. The molecule has 1 unspecified atom stereocenters. The molecule has 0 aliphatic heterocycles. The number of aromatic hydroxyl groups is 1. The molecule has 1 aromatic rings. The standard InChI is InChI=1S/C13H18O3/c1-4-10-8-11(14)6-7-12(10)9(3)13(15)16-5-2/h6-9,14H,4-5H2,1-3H3. The summed E-state index contributed by atoms with van der Waals surface area (Å²) in [5, 5.41) is 9.38. The molecule has 0 fully saturated rings. The fourth-order valence-electron chi connectivity index (χ4n) is 1.71. The molecule has 88 valence electrons. The number of hydrogen-bond donors (Lipinski definition) is 1. The van der Waals surface area contributed by atoms with Gasteiger partial charge in [0.25, 0.3) is 0 Å². The quantitative estimate of drug-likeness (QED) is 0.796. The van der Waals surface area contributed by atoms with Crippen LogP contribution in [0.15, 0.2) is 18.2 Å². The van der Waals surface area contributed by atoms with Gasteiger partial charge in [-0.05, 0) is 43.5 Å². The molecule has 0 amide bonds. The molecule has 0 radical (unpaired) electrons. The van der Waals surface area contributed by atoms with Crippen LogP contribution in [-0.4, -0.2) is 17.7 Å². The zero-order chi connectivity index (χ0) is 12.1. The summed E-state index contributed by atoms with van der Waals surface area (Å²) in [6.07, 6.45) is 0.785. The third kappa shape index (κ3) is 2.75. The van der Waals surface area contributed by atoms with Crippen LogP contribution in [-0.2, 0) is 16.0 Å². The second kappa shape index (κ2) is 5.54. The van der Waals surface area contributed by atoms with Crippen molar-refractivity contribution < 1.29 is 14.6 Å². The molecule has 0 saturated heterocycles. The molecule has 0 heterocycles. The van der Waals surface area contributed by atoms with Crippen LogP contribution in [0.4, 0.5) is 0 Å². The molecule has 16 heavy (non-hydrogen) atoms. The van der Waals surface area contributed by atoms with Crippen molar-refractivity contribution in [2.75, 3.05) is 6.61 Å². The van der Waals surface area contributed by atoms with Crippen LogP contribution in [0.2, 0.25) is 0 Å². The Morgan fingerprint density at radius 2 is 2.12 bits per heavy atom. The van der Waals surface area contributed by atoms with Gasteiger partial charge in [0.2, 0.25) is 0 Å². The lowest BCUT2D eigenvalue weighted by atomic mass is 9.94. The fourth-order valence-corrected chi connectivity index (χ4v) is 1.71. The first-order chi connectivity index (χ1) is 7.60. The van der Waals surface area contributed by atoms with Crippen LogP contribution in [0.1, 0.15) is 37.8 Å². The van der Waals surface area contributed by atoms with Crippen LogP contribution in [0.3, 0.4) is 0 Å². The number of ether oxygens (including phenoxy) is 1. The number of hydrogen-bond acceptors (Lipinski definition) is 3. The Hall–Kier alpha value is -1.51. The van der Waals surface area contributed by atoms with E-state index in [1.807, 2.05) is 13.8 Å². The van der Waals surface area contributed by atoms with Gasteiger partial charge in [-0.3, -0.25) is 4.79 Å². The fraction of sp³-hybridized carbons (Fsp3) is 0.462. The van der Waals surface area contributed by atoms with Crippen LogP contribution < -0.4 is 0 Å². The van der Waals surface area contributed by atoms with Crippen molar-refractivity contribution in [3.8, 4) is 5.75 Å². The number of rotatable bonds is 4. The highest BCUT2D eigenvalue weighted by molar-refractivity contribution is 5.78. The third-order valence-electron chi connectivity index (χ3n) is 2.61. The minimum absolute atomic E-state index is 0.220. The van der Waals surface area contributed by atoms with Crippen LogP contribution in [0.5, 0.6) is 5.75 Å². The summed E-state index contributed by atoms with van der Waals surface area (Å²) in [6.45, 7) is 6.00. The Balaban J connectivity index is 2.98. The van der Waals surface area contributed by atoms with Gasteiger partial charge in [0.1, 0.15) is 5.75 Å². The van der Waals surface area contributed by atoms with E-state index in [9.17, 15) is 9.90 Å². The first-order valence-corrected chi connectivity index (χ1v) is 5.58. The largest absolute Gasteiger partial charge is 0.508 e. The number of phenols is 1. The monoisotopic (exact) mass is 222 g/mol. The highest BCUT2D eigenvalue weighted by atomic mass is 16.5. The van der Waals surface area contributed by atoms with E-state index in [4.69, 9.17) is 4.74 Å². The van der Waals surface area contributed by atoms with Crippen molar-refractivity contribution in [2.24, 2.45) is 0 Å². The van der Waals surface area contributed by atoms with E-state index < -0.39 is 0 Å². The maximum Gasteiger partial charge on any atom is 0.313 e. The van der Waals surface area contributed by atoms with E-state index in [0.717, 1.165) is 17.5 Å². The number of carbonyl (C=O) groups is 1. The minimum Gasteiger partial charge on any atom is -0.508 e. The maximum atomic E-state index is 11.6. The second-order valence-electron chi connectivity index (χ2n) is 3.71. The predicted octanol–water partition coefficient (Wildman–Crippen LogP) is 2.62. The molecule has 0 aliphatic carbocycles. The zero-order valence-electron chi connectivity index (χ0n) is 9.99. The second-order valence-corrected chi connectivity index (χ2v) is 3.71. The van der Waals surface area contributed by atoms with Gasteiger partial charge >= 0.3 is 5.97 Å². The van der Waals surface area contributed by atoms with E-state index in [1.165, 1.54) is 0 Å². The van der Waals surface area contributed by atoms with Crippen LogP contribution in [0, 0.1) is 0 Å². The molecule has 3 heteroatoms. The highest BCUT2D eigenvalue weighted by Crippen LogP contribution is 2.25. The summed E-state index contributed by atoms with van der Waals surface area (Å²) < 4.78 is 4.99. The third-order valence-corrected chi connectivity index (χ3v) is 2.61. The normalized spacial score (nSPS) is 12.2. The van der Waals surface area contributed by atoms with Crippen molar-refractivity contribution >= 4 is 5.97 Å². The molecule has 1 aromatic carbocycles. The summed E-state index contributed by atoms with van der Waals surface area (Å²) in [5.41, 5.74) is 1.92. The Morgan fingerprint density at radius 1 is 1.44 bits per heavy atom. The number of benzene rings is 1. The van der Waals surface area contributed by atoms with Gasteiger partial charge in [0, 0.05) is 0 Å². The smallest absolute Gasteiger partial charge is 0.313 e. The number of carbonyl (C=O) groups excluding carboxylic acids is 1. The van der Waals surface area contributed by atoms with Crippen molar-refractivity contribution in [1.29, 1.82) is 0 Å². The Morgan fingerprint density at radius 3 is 2.69 bits per heavy atom. The molecule has 0 aromatic heterocycles. The van der Waals surface area contributed by atoms with Crippen molar-refractivity contribution in [3.63, 3.8) is 0 Å². The Kier molecular flexibility index (Phi) is 4.35. The van der Waals surface area contributed by atoms with Gasteiger partial charge < -0.3 is 9.84 Å². The summed E-state index contributed by atoms with van der Waals surface area (Å²) in [5.74, 6) is -0.268. The van der Waals surface area contributed by atoms with Gasteiger partial charge in [0.05, 0.1) is 12.5 Å². The van der Waals surface area contributed by atoms with E-state index in [2.05, 4.69) is 0 Å². The molecule has 0 saturated carbocycles. The van der Waals surface area contributed by atoms with E-state index in [-0.39, 0.29) is 17.6 Å². The van der Waals surface area contributed by atoms with Crippen LogP contribution in [0.25, 0.3) is 0 Å². The summed E-state index contributed by atoms with van der Waals surface area (Å²) in [7, 11) is 0. The molecule has 1 atom stereocenters. The van der Waals surface area contributed by atoms with Gasteiger partial charge in [-0.1, -0.05) is 13.0 Å². The summed E-state index contributed by atoms with van der Waals surface area (Å²) in [6, 6.07) is 5.09. The maximum absolute atomic E-state index is 11.6. The average Bonchev–Trinajstić information content (AvgIpc) is 2.28. The molecule has 1 N–H and O–H groups in total. The molecule has 3 nitrogen and oxygen atoms in total. The summed E-state index contributed by atoms with van der Waals surface area (Å²) >= 11 is 0. The predicted molar refractivity (Wildman–Crippen MR) is 62.5 cm³/mol. The number of aryl methyl sites for hydroxylation is 1. The topological polar surface area (TPSA) is 46.5 Å². The van der Waals surface area contributed by atoms with Crippen molar-refractivity contribution in [3.05, 3.63) is 29.3 Å². The van der Waals surface area contributed by atoms with E-state index >= 15 is 0 Å². The lowest BCUT2D eigenvalue weighted by molar-refractivity contribution is -0.144. The van der Waals surface area contributed by atoms with Crippen molar-refractivity contribution in [1.82, 2.24) is 0 Å². The Labute approximate surface area is 96.1 Å². The SMILES string of the molecule is CCOC(=O)C(C)c1ccc(O)cc1CC. The first-order valence-electron chi connectivity index (χ1n) is 5.58. The molecule has 0 bridgehead atoms. The van der Waals surface area contributed by atoms with Gasteiger partial charge in [0.15, 0.2) is 0 Å². The van der Waals surface area contributed by atoms with Gasteiger partial charge in [-0.15, -0.1) is 0 Å². The molecular weight excluding hydrogens is 204 g/mol. The van der Waals surface area contributed by atoms with E-state index in [1.54, 1.807) is 25.1 Å². The average molecular weight is 222 g/mol. The number of esters is 1. The van der Waals surface area contributed by atoms with E-state index in [0.29, 0.717) is 6.61 Å². The van der Waals surface area contributed by atoms with Crippen molar-refractivity contribution in [2.45, 2.75) is 33.1 Å². The molecule has 1 rings (SSSR count). The Bertz CT molecular complexity index is 371. The molecule has 0 aliphatic rings. The van der Waals surface area contributed by atoms with Crippen LogP contribution >= 0.6 is 0 Å². The first kappa shape index (κ1) is 12.6. The van der Waals surface area contributed by atoms with Gasteiger partial charge in [-0.25, -0.2) is 0 Å². The summed E-state index contributed by atoms with van der Waals surface area (Å²) in [4.78, 5) is 11.6. The number of phenolic OH excluding ortho intramolecular Hbond substituents is 1. The zero-order valence-corrected chi connectivity index (χ0v) is 9.99. The molecular formula is C13H18O3. The minimum atomic E-state index is -0.282. The lowest BCUT2D eigenvalue weighted by Crippen LogP contribution is -2.14. The lowest BCUT2D eigenvalue weighted by Gasteiger charge is -2.14.